The third-order valence-electron chi connectivity index (χ3n) is 2.66. The van der Waals surface area contributed by atoms with Gasteiger partial charge in [-0.2, -0.15) is 8.42 Å². The van der Waals surface area contributed by atoms with E-state index in [1.54, 1.807) is 6.07 Å². The van der Waals surface area contributed by atoms with E-state index in [9.17, 15) is 13.2 Å². The molecule has 0 unspecified atom stereocenters. The second-order valence-corrected chi connectivity index (χ2v) is 5.85. The quantitative estimate of drug-likeness (QED) is 0.283. The topological polar surface area (TPSA) is 99.1 Å². The van der Waals surface area contributed by atoms with Gasteiger partial charge in [0.2, 0.25) is 0 Å². The van der Waals surface area contributed by atoms with Crippen LogP contribution in [0.1, 0.15) is 12.8 Å². The first-order chi connectivity index (χ1) is 10.9. The first-order valence-electron chi connectivity index (χ1n) is 7.01. The van der Waals surface area contributed by atoms with Crippen molar-refractivity contribution >= 4 is 16.1 Å². The molecule has 23 heavy (non-hydrogen) atoms. The monoisotopic (exact) mass is 344 g/mol. The molecule has 0 saturated carbocycles. The molecule has 128 valence electrons. The van der Waals surface area contributed by atoms with Gasteiger partial charge < -0.3 is 14.2 Å². The van der Waals surface area contributed by atoms with Crippen LogP contribution in [0.4, 0.5) is 0 Å². The highest BCUT2D eigenvalue weighted by Crippen LogP contribution is 2.22. The van der Waals surface area contributed by atoms with Crippen LogP contribution in [-0.2, 0) is 24.4 Å². The minimum Gasteiger partial charge on any atom is -0.492 e. The lowest BCUT2D eigenvalue weighted by Gasteiger charge is -2.09. The zero-order chi connectivity index (χ0) is 17.1. The van der Waals surface area contributed by atoms with Gasteiger partial charge in [-0.15, -0.1) is 0 Å². The summed E-state index contributed by atoms with van der Waals surface area (Å²) in [5.41, 5.74) is 0. The van der Waals surface area contributed by atoms with Gasteiger partial charge in [0, 0.05) is 32.1 Å². The fraction of sp³-hybridized carbons (Fsp3) is 0.400. The first-order valence-corrected chi connectivity index (χ1v) is 8.45. The predicted molar refractivity (Wildman–Crippen MR) is 83.0 cm³/mol. The molecule has 1 aromatic rings. The number of para-hydroxylation sites is 1. The lowest BCUT2D eigenvalue weighted by atomic mass is 10.3. The number of carbonyl (C=O) groups excluding carboxylic acids is 1. The molecule has 8 heteroatoms. The molecule has 1 aromatic carbocycles. The molecule has 0 bridgehead atoms. The minimum absolute atomic E-state index is 0.103. The molecule has 1 rings (SSSR count). The van der Waals surface area contributed by atoms with E-state index in [2.05, 4.69) is 6.58 Å². The van der Waals surface area contributed by atoms with Crippen LogP contribution >= 0.6 is 0 Å². The second kappa shape index (κ2) is 9.98. The number of benzene rings is 1. The number of carbonyl (C=O) groups is 1. The van der Waals surface area contributed by atoms with Gasteiger partial charge in [0.15, 0.2) is 0 Å². The van der Waals surface area contributed by atoms with E-state index in [0.29, 0.717) is 26.1 Å². The Hall–Kier alpha value is -1.90. The highest BCUT2D eigenvalue weighted by molar-refractivity contribution is 7.86. The summed E-state index contributed by atoms with van der Waals surface area (Å²) in [6.07, 6.45) is 2.22. The summed E-state index contributed by atoms with van der Waals surface area (Å²) >= 11 is 0. The van der Waals surface area contributed by atoms with Gasteiger partial charge in [-0.25, -0.2) is 4.79 Å². The molecule has 0 spiro atoms. The summed E-state index contributed by atoms with van der Waals surface area (Å²) in [5, 5.41) is 0. The Kier molecular flexibility index (Phi) is 8.31. The van der Waals surface area contributed by atoms with Crippen LogP contribution in [0.15, 0.2) is 41.8 Å². The van der Waals surface area contributed by atoms with Crippen molar-refractivity contribution in [1.82, 2.24) is 0 Å². The van der Waals surface area contributed by atoms with Crippen LogP contribution in [0.3, 0.4) is 0 Å². The van der Waals surface area contributed by atoms with Crippen LogP contribution in [0.2, 0.25) is 0 Å². The Labute approximate surface area is 135 Å². The summed E-state index contributed by atoms with van der Waals surface area (Å²) in [7, 11) is -4.31. The maximum Gasteiger partial charge on any atom is 0.330 e. The second-order valence-electron chi connectivity index (χ2n) is 4.46. The SMILES string of the molecule is C=CC(=O)OCCCOCCCOc1ccccc1S(=O)(=O)O. The normalized spacial score (nSPS) is 11.0. The fourth-order valence-electron chi connectivity index (χ4n) is 1.62. The third-order valence-corrected chi connectivity index (χ3v) is 3.55. The number of ether oxygens (including phenoxy) is 3. The van der Waals surface area contributed by atoms with Gasteiger partial charge in [-0.1, -0.05) is 18.7 Å². The van der Waals surface area contributed by atoms with Crippen molar-refractivity contribution < 1.29 is 32.0 Å². The molecule has 0 aliphatic heterocycles. The van der Waals surface area contributed by atoms with Crippen molar-refractivity contribution in [3.05, 3.63) is 36.9 Å². The van der Waals surface area contributed by atoms with Crippen LogP contribution in [0.25, 0.3) is 0 Å². The summed E-state index contributed by atoms with van der Waals surface area (Å²) < 4.78 is 46.8. The average Bonchev–Trinajstić information content (AvgIpc) is 2.52. The van der Waals surface area contributed by atoms with Gasteiger partial charge in [0.25, 0.3) is 10.1 Å². The van der Waals surface area contributed by atoms with Gasteiger partial charge in [0.05, 0.1) is 13.2 Å². The molecule has 0 amide bonds. The molecule has 0 aliphatic carbocycles. The number of esters is 1. The molecule has 1 N–H and O–H groups in total. The van der Waals surface area contributed by atoms with Gasteiger partial charge in [0.1, 0.15) is 10.6 Å². The molecule has 7 nitrogen and oxygen atoms in total. The maximum atomic E-state index is 11.2. The third kappa shape index (κ3) is 7.78. The summed E-state index contributed by atoms with van der Waals surface area (Å²) in [5.74, 6) is -0.359. The summed E-state index contributed by atoms with van der Waals surface area (Å²) in [6.45, 7) is 4.65. The Morgan fingerprint density at radius 2 is 1.78 bits per heavy atom. The Morgan fingerprint density at radius 1 is 1.13 bits per heavy atom. The Bertz CT molecular complexity index is 610. The maximum absolute atomic E-state index is 11.2. The zero-order valence-corrected chi connectivity index (χ0v) is 13.5. The van der Waals surface area contributed by atoms with Gasteiger partial charge in [-0.3, -0.25) is 4.55 Å². The van der Waals surface area contributed by atoms with Crippen molar-refractivity contribution in [2.75, 3.05) is 26.4 Å². The van der Waals surface area contributed by atoms with E-state index < -0.39 is 16.1 Å². The Morgan fingerprint density at radius 3 is 2.43 bits per heavy atom. The molecule has 0 atom stereocenters. The van der Waals surface area contributed by atoms with Crippen molar-refractivity contribution in [2.24, 2.45) is 0 Å². The first kappa shape index (κ1) is 19.1. The fourth-order valence-corrected chi connectivity index (χ4v) is 2.25. The number of hydrogen-bond acceptors (Lipinski definition) is 6. The molecule has 0 fully saturated rings. The smallest absolute Gasteiger partial charge is 0.330 e. The van der Waals surface area contributed by atoms with E-state index in [-0.39, 0.29) is 23.9 Å². The molecule has 0 aliphatic rings. The van der Waals surface area contributed by atoms with Crippen LogP contribution in [0.5, 0.6) is 5.75 Å². The van der Waals surface area contributed by atoms with E-state index >= 15 is 0 Å². The van der Waals surface area contributed by atoms with Crippen LogP contribution in [0, 0.1) is 0 Å². The summed E-state index contributed by atoms with van der Waals surface area (Å²) in [4.78, 5) is 10.5. The Balaban J connectivity index is 2.17. The standard InChI is InChI=1S/C15H20O7S/c1-2-15(16)22-12-6-10-20-9-5-11-21-13-7-3-4-8-14(13)23(17,18)19/h2-4,7-8H,1,5-6,9-12H2,(H,17,18,19). The van der Waals surface area contributed by atoms with E-state index in [1.807, 2.05) is 0 Å². The predicted octanol–water partition coefficient (Wildman–Crippen LogP) is 1.84. The van der Waals surface area contributed by atoms with Crippen LogP contribution in [-0.4, -0.2) is 45.4 Å². The molecular weight excluding hydrogens is 324 g/mol. The highest BCUT2D eigenvalue weighted by Gasteiger charge is 2.15. The van der Waals surface area contributed by atoms with E-state index in [4.69, 9.17) is 18.8 Å². The lowest BCUT2D eigenvalue weighted by molar-refractivity contribution is -0.138. The van der Waals surface area contributed by atoms with Crippen LogP contribution < -0.4 is 4.74 Å². The lowest BCUT2D eigenvalue weighted by Crippen LogP contribution is -2.08. The molecule has 0 saturated heterocycles. The van der Waals surface area contributed by atoms with E-state index in [1.165, 1.54) is 18.2 Å². The highest BCUT2D eigenvalue weighted by atomic mass is 32.2. The number of rotatable bonds is 11. The van der Waals surface area contributed by atoms with Gasteiger partial charge >= 0.3 is 5.97 Å². The molecule has 0 radical (unpaired) electrons. The number of hydrogen-bond donors (Lipinski definition) is 1. The molecule has 0 aromatic heterocycles. The molecule has 0 heterocycles. The largest absolute Gasteiger partial charge is 0.492 e. The van der Waals surface area contributed by atoms with Crippen molar-refractivity contribution in [2.45, 2.75) is 17.7 Å². The molecular formula is C15H20O7S. The zero-order valence-electron chi connectivity index (χ0n) is 12.6. The van der Waals surface area contributed by atoms with Gasteiger partial charge in [-0.05, 0) is 12.1 Å². The van der Waals surface area contributed by atoms with Crippen molar-refractivity contribution in [3.63, 3.8) is 0 Å². The summed E-state index contributed by atoms with van der Waals surface area (Å²) in [6, 6.07) is 5.85. The minimum atomic E-state index is -4.31. The van der Waals surface area contributed by atoms with Crippen molar-refractivity contribution in [1.29, 1.82) is 0 Å². The van der Waals surface area contributed by atoms with Crippen molar-refractivity contribution in [3.8, 4) is 5.75 Å². The van der Waals surface area contributed by atoms with E-state index in [0.717, 1.165) is 6.08 Å². The average molecular weight is 344 g/mol.